The summed E-state index contributed by atoms with van der Waals surface area (Å²) in [5.74, 6) is 0. The van der Waals surface area contributed by atoms with Gasteiger partial charge in [0.05, 0.1) is 5.52 Å². The van der Waals surface area contributed by atoms with Crippen molar-refractivity contribution in [3.63, 3.8) is 0 Å². The highest BCUT2D eigenvalue weighted by Crippen LogP contribution is 2.26. The second kappa shape index (κ2) is 3.33. The smallest absolute Gasteiger partial charge is 0.0840 e. The zero-order valence-electron chi connectivity index (χ0n) is 7.86. The molecule has 0 amide bonds. The van der Waals surface area contributed by atoms with Crippen molar-refractivity contribution in [3.8, 4) is 0 Å². The number of nitrogens with zero attached hydrogens (tertiary/aromatic N) is 1. The maximum atomic E-state index is 4.31. The van der Waals surface area contributed by atoms with Crippen molar-refractivity contribution in [1.29, 1.82) is 0 Å². The average molecular weight is 204 g/mol. The molecule has 1 aliphatic heterocycles. The predicted molar refractivity (Wildman–Crippen MR) is 59.6 cm³/mol. The van der Waals surface area contributed by atoms with Gasteiger partial charge in [-0.3, -0.25) is 0 Å². The van der Waals surface area contributed by atoms with Crippen LogP contribution in [0.2, 0.25) is 0 Å². The Hall–Kier alpha value is -0.930. The Bertz CT molecular complexity index is 443. The molecular weight excluding hydrogens is 192 g/mol. The highest BCUT2D eigenvalue weighted by Gasteiger charge is 2.16. The minimum Gasteiger partial charge on any atom is -0.310 e. The van der Waals surface area contributed by atoms with E-state index in [1.165, 1.54) is 35.3 Å². The van der Waals surface area contributed by atoms with Crippen molar-refractivity contribution in [2.75, 3.05) is 6.54 Å². The van der Waals surface area contributed by atoms with Crippen LogP contribution in [0, 0.1) is 0 Å². The number of rotatable bonds is 1. The molecule has 72 valence electrons. The van der Waals surface area contributed by atoms with Crippen LogP contribution >= 0.6 is 11.5 Å². The van der Waals surface area contributed by atoms with Gasteiger partial charge in [0.1, 0.15) is 0 Å². The average Bonchev–Trinajstić information content (AvgIpc) is 2.88. The van der Waals surface area contributed by atoms with Crippen molar-refractivity contribution < 1.29 is 0 Å². The van der Waals surface area contributed by atoms with Gasteiger partial charge < -0.3 is 5.32 Å². The Kier molecular flexibility index (Phi) is 2.00. The number of aromatic nitrogens is 1. The summed E-state index contributed by atoms with van der Waals surface area (Å²) in [6, 6.07) is 7.16. The highest BCUT2D eigenvalue weighted by molar-refractivity contribution is 7.04. The third kappa shape index (κ3) is 1.33. The third-order valence-corrected chi connectivity index (χ3v) is 3.51. The fraction of sp³-hybridized carbons (Fsp3) is 0.364. The van der Waals surface area contributed by atoms with Crippen LogP contribution in [0.3, 0.4) is 0 Å². The number of fused-ring (bicyclic) bond motifs is 1. The third-order valence-electron chi connectivity index (χ3n) is 2.84. The van der Waals surface area contributed by atoms with Crippen molar-refractivity contribution in [3.05, 3.63) is 29.1 Å². The Labute approximate surface area is 87.1 Å². The van der Waals surface area contributed by atoms with E-state index in [0.29, 0.717) is 6.04 Å². The van der Waals surface area contributed by atoms with Gasteiger partial charge in [0.25, 0.3) is 0 Å². The van der Waals surface area contributed by atoms with Crippen LogP contribution in [0.5, 0.6) is 0 Å². The van der Waals surface area contributed by atoms with Gasteiger partial charge in [-0.2, -0.15) is 4.37 Å². The second-order valence-electron chi connectivity index (χ2n) is 3.78. The number of benzene rings is 1. The first-order valence-electron chi connectivity index (χ1n) is 5.01. The molecule has 0 aliphatic carbocycles. The molecule has 1 unspecified atom stereocenters. The van der Waals surface area contributed by atoms with Crippen LogP contribution in [0.4, 0.5) is 0 Å². The Morgan fingerprint density at radius 3 is 3.29 bits per heavy atom. The zero-order chi connectivity index (χ0) is 9.38. The summed E-state index contributed by atoms with van der Waals surface area (Å²) in [5, 5.41) is 6.91. The van der Waals surface area contributed by atoms with Crippen LogP contribution in [-0.2, 0) is 0 Å². The number of hydrogen-bond donors (Lipinski definition) is 1. The van der Waals surface area contributed by atoms with E-state index >= 15 is 0 Å². The summed E-state index contributed by atoms with van der Waals surface area (Å²) in [5.41, 5.74) is 2.53. The minimum absolute atomic E-state index is 0.569. The van der Waals surface area contributed by atoms with E-state index in [1.54, 1.807) is 0 Å². The maximum Gasteiger partial charge on any atom is 0.0840 e. The van der Waals surface area contributed by atoms with E-state index < -0.39 is 0 Å². The van der Waals surface area contributed by atoms with E-state index in [0.717, 1.165) is 12.1 Å². The summed E-state index contributed by atoms with van der Waals surface area (Å²) in [7, 11) is 0. The van der Waals surface area contributed by atoms with E-state index in [-0.39, 0.29) is 0 Å². The summed E-state index contributed by atoms with van der Waals surface area (Å²) < 4.78 is 4.31. The molecule has 0 bridgehead atoms. The molecule has 0 spiro atoms. The molecule has 1 fully saturated rings. The van der Waals surface area contributed by atoms with Crippen LogP contribution in [-0.4, -0.2) is 10.9 Å². The van der Waals surface area contributed by atoms with Gasteiger partial charge in [0.15, 0.2) is 0 Å². The summed E-state index contributed by atoms with van der Waals surface area (Å²) in [6.07, 6.45) is 2.56. The molecule has 3 rings (SSSR count). The van der Waals surface area contributed by atoms with Gasteiger partial charge >= 0.3 is 0 Å². The topological polar surface area (TPSA) is 24.9 Å². The van der Waals surface area contributed by atoms with Crippen LogP contribution in [0.25, 0.3) is 10.9 Å². The molecule has 0 saturated carbocycles. The van der Waals surface area contributed by atoms with Crippen LogP contribution in [0.15, 0.2) is 23.6 Å². The number of nitrogens with one attached hydrogen (secondary N) is 1. The Balaban J connectivity index is 2.04. The lowest BCUT2D eigenvalue weighted by Crippen LogP contribution is -2.12. The Morgan fingerprint density at radius 1 is 1.43 bits per heavy atom. The van der Waals surface area contributed by atoms with Crippen molar-refractivity contribution in [1.82, 2.24) is 9.69 Å². The normalized spacial score (nSPS) is 21.9. The largest absolute Gasteiger partial charge is 0.310 e. The van der Waals surface area contributed by atoms with Crippen molar-refractivity contribution >= 4 is 22.4 Å². The summed E-state index contributed by atoms with van der Waals surface area (Å²) >= 11 is 1.53. The maximum absolute atomic E-state index is 4.31. The monoisotopic (exact) mass is 204 g/mol. The van der Waals surface area contributed by atoms with E-state index in [2.05, 4.69) is 33.3 Å². The quantitative estimate of drug-likeness (QED) is 0.772. The first-order valence-corrected chi connectivity index (χ1v) is 5.84. The minimum atomic E-state index is 0.569. The zero-order valence-corrected chi connectivity index (χ0v) is 8.68. The first kappa shape index (κ1) is 8.38. The lowest BCUT2D eigenvalue weighted by atomic mass is 10.0. The predicted octanol–water partition coefficient (Wildman–Crippen LogP) is 2.72. The Morgan fingerprint density at radius 2 is 2.43 bits per heavy atom. The lowest BCUT2D eigenvalue weighted by Gasteiger charge is -2.09. The molecule has 14 heavy (non-hydrogen) atoms. The molecule has 3 heteroatoms. The number of hydrogen-bond acceptors (Lipinski definition) is 3. The van der Waals surface area contributed by atoms with Gasteiger partial charge in [-0.05, 0) is 48.6 Å². The highest BCUT2D eigenvalue weighted by atomic mass is 32.1. The fourth-order valence-electron chi connectivity index (χ4n) is 2.08. The van der Waals surface area contributed by atoms with Gasteiger partial charge in [-0.15, -0.1) is 0 Å². The molecule has 2 nitrogen and oxygen atoms in total. The van der Waals surface area contributed by atoms with Crippen LogP contribution in [0.1, 0.15) is 24.4 Å². The molecule has 1 aromatic heterocycles. The summed E-state index contributed by atoms with van der Waals surface area (Å²) in [4.78, 5) is 0. The molecule has 1 saturated heterocycles. The fourth-order valence-corrected chi connectivity index (χ4v) is 2.71. The molecule has 1 N–H and O–H groups in total. The van der Waals surface area contributed by atoms with Gasteiger partial charge in [0.2, 0.25) is 0 Å². The van der Waals surface area contributed by atoms with E-state index in [9.17, 15) is 0 Å². The molecular formula is C11H12N2S. The molecule has 2 aromatic rings. The lowest BCUT2D eigenvalue weighted by molar-refractivity contribution is 0.648. The SMILES string of the molecule is c1cc2nscc2cc1C1CCCN1. The van der Waals surface area contributed by atoms with Gasteiger partial charge in [-0.1, -0.05) is 6.07 Å². The standard InChI is InChI=1S/C11H12N2S/c1-2-10(12-5-1)8-3-4-11-9(6-8)7-14-13-11/h3-4,6-7,10,12H,1-2,5H2. The molecule has 1 aromatic carbocycles. The van der Waals surface area contributed by atoms with E-state index in [1.807, 2.05) is 0 Å². The summed E-state index contributed by atoms with van der Waals surface area (Å²) in [6.45, 7) is 1.16. The van der Waals surface area contributed by atoms with E-state index in [4.69, 9.17) is 0 Å². The molecule has 0 radical (unpaired) electrons. The molecule has 1 aliphatic rings. The van der Waals surface area contributed by atoms with Gasteiger partial charge in [0, 0.05) is 16.8 Å². The van der Waals surface area contributed by atoms with Crippen molar-refractivity contribution in [2.24, 2.45) is 0 Å². The molecule has 2 heterocycles. The van der Waals surface area contributed by atoms with Crippen molar-refractivity contribution in [2.45, 2.75) is 18.9 Å². The second-order valence-corrected chi connectivity index (χ2v) is 4.41. The van der Waals surface area contributed by atoms with Gasteiger partial charge in [-0.25, -0.2) is 0 Å². The molecule has 1 atom stereocenters. The first-order chi connectivity index (χ1) is 6.93. The van der Waals surface area contributed by atoms with Crippen LogP contribution < -0.4 is 5.32 Å².